The maximum absolute atomic E-state index is 12.3. The van der Waals surface area contributed by atoms with Crippen molar-refractivity contribution in [3.8, 4) is 5.75 Å². The van der Waals surface area contributed by atoms with Crippen molar-refractivity contribution in [1.29, 1.82) is 0 Å². The monoisotopic (exact) mass is 398 g/mol. The van der Waals surface area contributed by atoms with Crippen molar-refractivity contribution in [2.45, 2.75) is 0 Å². The number of halogens is 3. The molecule has 0 N–H and O–H groups in total. The summed E-state index contributed by atoms with van der Waals surface area (Å²) in [6.45, 7) is 2.70. The Morgan fingerprint density at radius 1 is 0.920 bits per heavy atom. The molecular weight excluding hydrogens is 383 g/mol. The van der Waals surface area contributed by atoms with Crippen LogP contribution in [0.5, 0.6) is 5.75 Å². The first kappa shape index (κ1) is 18.2. The van der Waals surface area contributed by atoms with Crippen LogP contribution in [0.2, 0.25) is 15.1 Å². The third-order valence-corrected chi connectivity index (χ3v) is 4.85. The highest BCUT2D eigenvalue weighted by molar-refractivity contribution is 6.36. The van der Waals surface area contributed by atoms with Crippen LogP contribution in [0.4, 0.5) is 5.69 Å². The molecule has 0 spiro atoms. The molecule has 0 saturated carbocycles. The Labute approximate surface area is 161 Å². The predicted octanol–water partition coefficient (Wildman–Crippen LogP) is 4.37. The number of rotatable bonds is 4. The van der Waals surface area contributed by atoms with Crippen LogP contribution < -0.4 is 9.64 Å². The summed E-state index contributed by atoms with van der Waals surface area (Å²) < 4.78 is 5.52. The number of piperazine rings is 1. The molecular formula is C18H17Cl3N2O2. The lowest BCUT2D eigenvalue weighted by molar-refractivity contribution is -0.133. The highest BCUT2D eigenvalue weighted by Crippen LogP contribution is 2.29. The Morgan fingerprint density at radius 3 is 2.20 bits per heavy atom. The smallest absolute Gasteiger partial charge is 0.260 e. The molecule has 7 heteroatoms. The topological polar surface area (TPSA) is 32.8 Å². The van der Waals surface area contributed by atoms with E-state index in [1.54, 1.807) is 35.2 Å². The van der Waals surface area contributed by atoms with Crippen molar-refractivity contribution in [3.63, 3.8) is 0 Å². The van der Waals surface area contributed by atoms with E-state index in [9.17, 15) is 4.79 Å². The molecule has 3 rings (SSSR count). The first-order valence-corrected chi connectivity index (χ1v) is 9.02. The molecule has 0 bridgehead atoms. The Balaban J connectivity index is 1.51. The van der Waals surface area contributed by atoms with Gasteiger partial charge < -0.3 is 14.5 Å². The summed E-state index contributed by atoms with van der Waals surface area (Å²) in [5.41, 5.74) is 0.940. The van der Waals surface area contributed by atoms with Crippen molar-refractivity contribution < 1.29 is 9.53 Å². The van der Waals surface area contributed by atoms with Gasteiger partial charge in [-0.15, -0.1) is 0 Å². The van der Waals surface area contributed by atoms with E-state index >= 15 is 0 Å². The zero-order valence-corrected chi connectivity index (χ0v) is 15.7. The number of hydrogen-bond donors (Lipinski definition) is 0. The number of ether oxygens (including phenoxy) is 1. The summed E-state index contributed by atoms with van der Waals surface area (Å²) in [5, 5.41) is 1.87. The summed E-state index contributed by atoms with van der Waals surface area (Å²) in [4.78, 5) is 16.3. The lowest BCUT2D eigenvalue weighted by Gasteiger charge is -2.36. The van der Waals surface area contributed by atoms with Crippen LogP contribution in [0, 0.1) is 0 Å². The van der Waals surface area contributed by atoms with Crippen LogP contribution in [0.1, 0.15) is 0 Å². The minimum Gasteiger partial charge on any atom is -0.484 e. The van der Waals surface area contributed by atoms with E-state index in [2.05, 4.69) is 4.90 Å². The zero-order chi connectivity index (χ0) is 17.8. The standard InChI is InChI=1S/C18H17Cl3N2O2/c19-13-1-4-15(5-2-13)25-12-18(24)23-9-7-22(8-10-23)17-6-3-14(20)11-16(17)21/h1-6,11H,7-10,12H2. The maximum atomic E-state index is 12.3. The van der Waals surface area contributed by atoms with Gasteiger partial charge in [-0.3, -0.25) is 4.79 Å². The molecule has 1 aliphatic heterocycles. The Morgan fingerprint density at radius 2 is 1.56 bits per heavy atom. The minimum absolute atomic E-state index is 0.0172. The van der Waals surface area contributed by atoms with Gasteiger partial charge >= 0.3 is 0 Å². The molecule has 1 aliphatic rings. The minimum atomic E-state index is -0.0307. The summed E-state index contributed by atoms with van der Waals surface area (Å²) >= 11 is 18.0. The highest BCUT2D eigenvalue weighted by Gasteiger charge is 2.22. The number of hydrogen-bond acceptors (Lipinski definition) is 3. The van der Waals surface area contributed by atoms with E-state index in [1.807, 2.05) is 12.1 Å². The summed E-state index contributed by atoms with van der Waals surface area (Å²) in [6, 6.07) is 12.4. The van der Waals surface area contributed by atoms with Crippen LogP contribution >= 0.6 is 34.8 Å². The van der Waals surface area contributed by atoms with E-state index in [4.69, 9.17) is 39.5 Å². The second kappa shape index (κ2) is 8.17. The van der Waals surface area contributed by atoms with Crippen molar-refractivity contribution in [1.82, 2.24) is 4.90 Å². The summed E-state index contributed by atoms with van der Waals surface area (Å²) in [7, 11) is 0. The normalized spacial score (nSPS) is 14.5. The average molecular weight is 400 g/mol. The van der Waals surface area contributed by atoms with Gasteiger partial charge in [0.25, 0.3) is 5.91 Å². The molecule has 25 heavy (non-hydrogen) atoms. The molecule has 132 valence electrons. The Hall–Kier alpha value is -1.62. The molecule has 0 aliphatic carbocycles. The third-order valence-electron chi connectivity index (χ3n) is 4.06. The SMILES string of the molecule is O=C(COc1ccc(Cl)cc1)N1CCN(c2ccc(Cl)cc2Cl)CC1. The van der Waals surface area contributed by atoms with Gasteiger partial charge in [0.05, 0.1) is 10.7 Å². The number of nitrogens with zero attached hydrogens (tertiary/aromatic N) is 2. The fourth-order valence-electron chi connectivity index (χ4n) is 2.70. The summed E-state index contributed by atoms with van der Waals surface area (Å²) in [5.74, 6) is 0.598. The molecule has 2 aromatic rings. The highest BCUT2D eigenvalue weighted by atomic mass is 35.5. The zero-order valence-electron chi connectivity index (χ0n) is 13.4. The fourth-order valence-corrected chi connectivity index (χ4v) is 3.36. The fraction of sp³-hybridized carbons (Fsp3) is 0.278. The molecule has 1 fully saturated rings. The van der Waals surface area contributed by atoms with Crippen LogP contribution in [-0.2, 0) is 4.79 Å². The first-order chi connectivity index (χ1) is 12.0. The van der Waals surface area contributed by atoms with Crippen LogP contribution in [0.25, 0.3) is 0 Å². The van der Waals surface area contributed by atoms with Crippen LogP contribution in [-0.4, -0.2) is 43.6 Å². The Bertz CT molecular complexity index is 744. The quantitative estimate of drug-likeness (QED) is 0.765. The van der Waals surface area contributed by atoms with Crippen LogP contribution in [0.3, 0.4) is 0 Å². The third kappa shape index (κ3) is 4.72. The number of carbonyl (C=O) groups is 1. The van der Waals surface area contributed by atoms with Crippen molar-refractivity contribution in [3.05, 3.63) is 57.5 Å². The molecule has 4 nitrogen and oxygen atoms in total. The van der Waals surface area contributed by atoms with Gasteiger partial charge in [-0.1, -0.05) is 34.8 Å². The predicted molar refractivity (Wildman–Crippen MR) is 102 cm³/mol. The molecule has 1 amide bonds. The molecule has 2 aromatic carbocycles. The van der Waals surface area contributed by atoms with Gasteiger partial charge in [0, 0.05) is 36.2 Å². The second-order valence-corrected chi connectivity index (χ2v) is 6.99. The molecule has 0 atom stereocenters. The van der Waals surface area contributed by atoms with E-state index < -0.39 is 0 Å². The van der Waals surface area contributed by atoms with E-state index in [-0.39, 0.29) is 12.5 Å². The van der Waals surface area contributed by atoms with Crippen molar-refractivity contribution in [2.75, 3.05) is 37.7 Å². The lowest BCUT2D eigenvalue weighted by Crippen LogP contribution is -2.50. The van der Waals surface area contributed by atoms with Gasteiger partial charge in [-0.2, -0.15) is 0 Å². The van der Waals surface area contributed by atoms with Crippen molar-refractivity contribution in [2.24, 2.45) is 0 Å². The Kier molecular flexibility index (Phi) is 5.94. The first-order valence-electron chi connectivity index (χ1n) is 7.89. The maximum Gasteiger partial charge on any atom is 0.260 e. The van der Waals surface area contributed by atoms with Crippen LogP contribution in [0.15, 0.2) is 42.5 Å². The molecule has 0 unspecified atom stereocenters. The van der Waals surface area contributed by atoms with E-state index in [0.717, 1.165) is 5.69 Å². The number of anilines is 1. The largest absolute Gasteiger partial charge is 0.484 e. The van der Waals surface area contributed by atoms with E-state index in [0.29, 0.717) is 47.0 Å². The number of carbonyl (C=O) groups excluding carboxylic acids is 1. The molecule has 1 heterocycles. The average Bonchev–Trinajstić information content (AvgIpc) is 2.61. The second-order valence-electron chi connectivity index (χ2n) is 5.71. The molecule has 0 aromatic heterocycles. The van der Waals surface area contributed by atoms with Gasteiger partial charge in [-0.05, 0) is 42.5 Å². The molecule has 1 saturated heterocycles. The number of benzene rings is 2. The van der Waals surface area contributed by atoms with Gasteiger partial charge in [-0.25, -0.2) is 0 Å². The lowest BCUT2D eigenvalue weighted by atomic mass is 10.2. The summed E-state index contributed by atoms with van der Waals surface area (Å²) in [6.07, 6.45) is 0. The molecule has 0 radical (unpaired) electrons. The van der Waals surface area contributed by atoms with Gasteiger partial charge in [0.15, 0.2) is 6.61 Å². The van der Waals surface area contributed by atoms with E-state index in [1.165, 1.54) is 0 Å². The van der Waals surface area contributed by atoms with Gasteiger partial charge in [0.1, 0.15) is 5.75 Å². The number of amides is 1. The van der Waals surface area contributed by atoms with Gasteiger partial charge in [0.2, 0.25) is 0 Å². The van der Waals surface area contributed by atoms with Crippen molar-refractivity contribution >= 4 is 46.4 Å².